The minimum absolute atomic E-state index is 0.0249. The van der Waals surface area contributed by atoms with Crippen molar-refractivity contribution in [1.29, 1.82) is 0 Å². The van der Waals surface area contributed by atoms with Crippen LogP contribution in [0.4, 0.5) is 0 Å². The van der Waals surface area contributed by atoms with Gasteiger partial charge in [-0.25, -0.2) is 19.2 Å². The lowest BCUT2D eigenvalue weighted by molar-refractivity contribution is -0.0492. The lowest BCUT2D eigenvalue weighted by atomic mass is 9.69. The maximum Gasteiger partial charge on any atom is 0.339 e. The Labute approximate surface area is 521 Å². The van der Waals surface area contributed by atoms with Gasteiger partial charge < -0.3 is 18.9 Å². The third-order valence-electron chi connectivity index (χ3n) is 31.9. The van der Waals surface area contributed by atoms with Crippen molar-refractivity contribution in [2.24, 2.45) is 114 Å². The van der Waals surface area contributed by atoms with Crippen molar-refractivity contribution in [2.45, 2.75) is 313 Å². The van der Waals surface area contributed by atoms with E-state index in [1.807, 2.05) is 0 Å². The maximum absolute atomic E-state index is 16.2. The van der Waals surface area contributed by atoms with Gasteiger partial charge in [-0.15, -0.1) is 0 Å². The van der Waals surface area contributed by atoms with Crippen LogP contribution < -0.4 is 0 Å². The van der Waals surface area contributed by atoms with Gasteiger partial charge in [-0.2, -0.15) is 0 Å². The quantitative estimate of drug-likeness (QED) is 0.119. The smallest absolute Gasteiger partial charge is 0.339 e. The lowest BCUT2D eigenvalue weighted by Gasteiger charge is -2.41. The molecule has 0 aliphatic heterocycles. The molecule has 13 rings (SSSR count). The summed E-state index contributed by atoms with van der Waals surface area (Å²) in [6.07, 6.45) is 36.1. The number of benzene rings is 1. The minimum atomic E-state index is -0.592. The predicted molar refractivity (Wildman–Crippen MR) is 340 cm³/mol. The van der Waals surface area contributed by atoms with Gasteiger partial charge in [0.15, 0.2) is 0 Å². The normalized spacial score (nSPS) is 42.1. The molecule has 12 fully saturated rings. The number of carbonyl (C=O) groups excluding carboxylic acids is 4. The third-order valence-corrected chi connectivity index (χ3v) is 31.9. The lowest BCUT2D eigenvalue weighted by Crippen LogP contribution is -2.43. The van der Waals surface area contributed by atoms with Crippen molar-refractivity contribution in [3.63, 3.8) is 0 Å². The molecule has 12 aliphatic rings. The molecule has 0 spiro atoms. The Morgan fingerprint density at radius 3 is 0.674 bits per heavy atom. The van der Waals surface area contributed by atoms with E-state index < -0.39 is 23.9 Å². The highest BCUT2D eigenvalue weighted by Gasteiger charge is 2.72. The van der Waals surface area contributed by atoms with E-state index in [1.165, 1.54) is 128 Å². The Morgan fingerprint density at radius 2 is 0.488 bits per heavy atom. The van der Waals surface area contributed by atoms with Crippen LogP contribution in [-0.2, 0) is 18.9 Å². The molecule has 8 bridgehead atoms. The van der Waals surface area contributed by atoms with Crippen molar-refractivity contribution >= 4 is 23.9 Å². The number of hydrogen-bond acceptors (Lipinski definition) is 8. The highest BCUT2D eigenvalue weighted by Crippen LogP contribution is 2.74. The van der Waals surface area contributed by atoms with Gasteiger partial charge in [-0.1, -0.05) is 212 Å². The van der Waals surface area contributed by atoms with Crippen LogP contribution >= 0.6 is 0 Å². The molecular formula is C78H118O8. The summed E-state index contributed by atoms with van der Waals surface area (Å²) in [6, 6.07) is 3.17. The largest absolute Gasteiger partial charge is 0.458 e. The van der Waals surface area contributed by atoms with Crippen molar-refractivity contribution in [2.75, 3.05) is 0 Å². The van der Waals surface area contributed by atoms with E-state index in [4.69, 9.17) is 18.9 Å². The van der Waals surface area contributed by atoms with E-state index in [9.17, 15) is 0 Å². The molecule has 12 aliphatic carbocycles. The first-order chi connectivity index (χ1) is 40.8. The fourth-order valence-electron chi connectivity index (χ4n) is 25.3. The monoisotopic (exact) mass is 1180 g/mol. The van der Waals surface area contributed by atoms with Crippen LogP contribution in [0.15, 0.2) is 12.1 Å². The minimum Gasteiger partial charge on any atom is -0.458 e. The molecule has 1 aromatic rings. The zero-order valence-electron chi connectivity index (χ0n) is 56.3. The predicted octanol–water partition coefficient (Wildman–Crippen LogP) is 20.0. The topological polar surface area (TPSA) is 105 Å². The Morgan fingerprint density at radius 1 is 0.302 bits per heavy atom. The van der Waals surface area contributed by atoms with E-state index >= 15 is 19.2 Å². The summed E-state index contributed by atoms with van der Waals surface area (Å²) in [6.45, 7) is 28.6. The summed E-state index contributed by atoms with van der Waals surface area (Å²) in [5, 5.41) is 0. The number of fused-ring (bicyclic) bond motifs is 8. The first-order valence-corrected chi connectivity index (χ1v) is 36.8. The fourth-order valence-corrected chi connectivity index (χ4v) is 25.3. The van der Waals surface area contributed by atoms with Gasteiger partial charge in [-0.3, -0.25) is 0 Å². The fraction of sp³-hybridized carbons (Fsp3) is 0.872. The molecule has 8 nitrogen and oxygen atoms in total. The summed E-state index contributed by atoms with van der Waals surface area (Å²) in [4.78, 5) is 64.7. The summed E-state index contributed by atoms with van der Waals surface area (Å²) >= 11 is 0. The Hall–Kier alpha value is -2.90. The molecular weight excluding hydrogens is 1060 g/mol. The van der Waals surface area contributed by atoms with Crippen LogP contribution in [0, 0.1) is 114 Å². The second kappa shape index (κ2) is 22.4. The average molecular weight is 1180 g/mol. The molecule has 0 aromatic heterocycles. The second-order valence-corrected chi connectivity index (χ2v) is 36.0. The van der Waals surface area contributed by atoms with Gasteiger partial charge in [0.1, 0.15) is 24.4 Å². The van der Waals surface area contributed by atoms with E-state index in [1.54, 1.807) is 12.1 Å². The second-order valence-electron chi connectivity index (χ2n) is 36.0. The van der Waals surface area contributed by atoms with Crippen molar-refractivity contribution in [3.05, 3.63) is 34.4 Å². The molecule has 1 aromatic carbocycles. The van der Waals surface area contributed by atoms with Gasteiger partial charge in [-0.05, 0) is 158 Å². The standard InChI is InChI=1S/C78H118O8/c1-71(2)59-33-37-75(71,9)63(55(59)41-47-25-17-13-18-26-47)83-67(79)51-45-53(69(81)85-65-57(43-49-29-21-15-22-30-49)61-35-39-77(65,11)73(61,5)6)54(70(82)86-66-58(44-50-31-23-16-24-32-50)62-36-40-78(66,12)74(62,7)8)46-52(51)68(80)84-64-56(42-48-27-19-14-20-28-48)60-34-38-76(64,10)72(60,3)4/h45-50,55-66H,13-44H2,1-12H3/t55-,56-,57-,58-,59?,60?,61?,62?,63-,64-,65-,66-,75+,76+,77+,78+/m0/s1. The van der Waals surface area contributed by atoms with Crippen LogP contribution in [-0.4, -0.2) is 48.3 Å². The molecule has 4 unspecified atom stereocenters. The molecule has 12 saturated carbocycles. The summed E-state index contributed by atoms with van der Waals surface area (Å²) in [5.74, 6) is 2.46. The zero-order chi connectivity index (χ0) is 60.7. The summed E-state index contributed by atoms with van der Waals surface area (Å²) in [7, 11) is 0. The van der Waals surface area contributed by atoms with Crippen molar-refractivity contribution in [1.82, 2.24) is 0 Å². The van der Waals surface area contributed by atoms with Crippen molar-refractivity contribution < 1.29 is 38.1 Å². The van der Waals surface area contributed by atoms with E-state index in [2.05, 4.69) is 83.1 Å². The Balaban J connectivity index is 0.927. The number of ether oxygens (including phenoxy) is 4. The van der Waals surface area contributed by atoms with Crippen LogP contribution in [0.25, 0.3) is 0 Å². The number of hydrogen-bond donors (Lipinski definition) is 0. The average Bonchev–Trinajstić information content (AvgIpc) is 1.57. The highest BCUT2D eigenvalue weighted by molar-refractivity contribution is 6.10. The van der Waals surface area contributed by atoms with Crippen LogP contribution in [0.1, 0.15) is 330 Å². The molecule has 86 heavy (non-hydrogen) atoms. The molecule has 0 heterocycles. The number of rotatable bonds is 16. The van der Waals surface area contributed by atoms with Gasteiger partial charge >= 0.3 is 23.9 Å². The number of carbonyl (C=O) groups is 4. The van der Waals surface area contributed by atoms with E-state index in [0.29, 0.717) is 47.3 Å². The number of esters is 4. The van der Waals surface area contributed by atoms with Gasteiger partial charge in [0.25, 0.3) is 0 Å². The van der Waals surface area contributed by atoms with Gasteiger partial charge in [0.2, 0.25) is 0 Å². The molecule has 478 valence electrons. The summed E-state index contributed by atoms with van der Waals surface area (Å²) in [5.41, 5.74) is -1.23. The first kappa shape index (κ1) is 61.9. The van der Waals surface area contributed by atoms with Crippen LogP contribution in [0.3, 0.4) is 0 Å². The molecule has 16 atom stereocenters. The molecule has 0 amide bonds. The van der Waals surface area contributed by atoms with Gasteiger partial charge in [0, 0.05) is 45.3 Å². The van der Waals surface area contributed by atoms with Gasteiger partial charge in [0.05, 0.1) is 22.3 Å². The maximum atomic E-state index is 16.2. The Bertz CT molecular complexity index is 2360. The first-order valence-electron chi connectivity index (χ1n) is 36.8. The van der Waals surface area contributed by atoms with Crippen molar-refractivity contribution in [3.8, 4) is 0 Å². The third kappa shape index (κ3) is 9.58. The SMILES string of the molecule is CC1(C)C2CC[C@]1(C)[C@@H](OC(=O)c1cc(C(=O)O[C@H]3[C@@H](CC4CCCCC4)C4CC[C@@]3(C)C4(C)C)c(C(=O)O[C@H]3[C@@H](CC4CCCCC4)C4CC[C@@]3(C)C4(C)C)cc1C(=O)O[C@H]1[C@@H](CC3CCCCC3)C3CC[C@@]1(C)C3(C)C)[C@H]2CC1CCCCC1. The molecule has 0 N–H and O–H groups in total. The molecule has 0 saturated heterocycles. The van der Waals surface area contributed by atoms with E-state index in [-0.39, 0.29) is 114 Å². The molecule has 8 heteroatoms. The van der Waals surface area contributed by atoms with E-state index in [0.717, 1.165) is 77.0 Å². The highest BCUT2D eigenvalue weighted by atomic mass is 16.6. The zero-order valence-corrected chi connectivity index (χ0v) is 56.3. The van der Waals surface area contributed by atoms with Crippen LogP contribution in [0.5, 0.6) is 0 Å². The Kier molecular flexibility index (Phi) is 16.2. The molecule has 0 radical (unpaired) electrons. The van der Waals surface area contributed by atoms with Crippen LogP contribution in [0.2, 0.25) is 0 Å². The summed E-state index contributed by atoms with van der Waals surface area (Å²) < 4.78 is 28.8.